The van der Waals surface area contributed by atoms with Crippen LogP contribution in [0.25, 0.3) is 0 Å². The Bertz CT molecular complexity index is 364. The van der Waals surface area contributed by atoms with Gasteiger partial charge in [-0.1, -0.05) is 71.4 Å². The fraction of sp³-hybridized carbons (Fsp3) is 0.857. The molecule has 0 bridgehead atoms. The normalized spacial score (nSPS) is 25.2. The second-order valence-electron chi connectivity index (χ2n) is 7.48. The van der Waals surface area contributed by atoms with Gasteiger partial charge in [0, 0.05) is 6.42 Å². The van der Waals surface area contributed by atoms with E-state index in [4.69, 9.17) is 4.74 Å². The molecule has 3 unspecified atom stereocenters. The third-order valence-corrected chi connectivity index (χ3v) is 5.12. The number of esters is 1. The summed E-state index contributed by atoms with van der Waals surface area (Å²) in [6.07, 6.45) is 15.0. The highest BCUT2D eigenvalue weighted by Crippen LogP contribution is 2.35. The lowest BCUT2D eigenvalue weighted by Crippen LogP contribution is -2.15. The van der Waals surface area contributed by atoms with E-state index in [-0.39, 0.29) is 18.2 Å². The van der Waals surface area contributed by atoms with Gasteiger partial charge in [-0.3, -0.25) is 4.79 Å². The smallest absolute Gasteiger partial charge is 0.306 e. The van der Waals surface area contributed by atoms with Crippen LogP contribution in [0.2, 0.25) is 0 Å². The van der Waals surface area contributed by atoms with E-state index in [0.29, 0.717) is 18.3 Å². The molecular formula is C21H38O3. The molecule has 0 amide bonds. The largest absolute Gasteiger partial charge is 0.462 e. The van der Waals surface area contributed by atoms with Crippen LogP contribution < -0.4 is 0 Å². The Hall–Kier alpha value is -0.830. The molecule has 0 aromatic rings. The number of rotatable bonds is 12. The predicted octanol–water partition coefficient (Wildman–Crippen LogP) is 5.41. The Morgan fingerprint density at radius 2 is 1.83 bits per heavy atom. The van der Waals surface area contributed by atoms with Gasteiger partial charge in [-0.05, 0) is 37.5 Å². The minimum Gasteiger partial charge on any atom is -0.462 e. The first-order valence-corrected chi connectivity index (χ1v) is 10.1. The Labute approximate surface area is 148 Å². The van der Waals surface area contributed by atoms with Crippen LogP contribution in [0.1, 0.15) is 91.4 Å². The number of hydrogen-bond acceptors (Lipinski definition) is 3. The van der Waals surface area contributed by atoms with Crippen molar-refractivity contribution in [1.82, 2.24) is 0 Å². The number of carbonyl (C=O) groups is 1. The molecular weight excluding hydrogens is 300 g/mol. The summed E-state index contributed by atoms with van der Waals surface area (Å²) in [6, 6.07) is 0. The molecule has 0 heterocycles. The summed E-state index contributed by atoms with van der Waals surface area (Å²) in [4.78, 5) is 11.9. The molecule has 3 heteroatoms. The Balaban J connectivity index is 2.27. The maximum absolute atomic E-state index is 11.9. The number of aliphatic hydroxyl groups excluding tert-OH is 1. The topological polar surface area (TPSA) is 46.5 Å². The van der Waals surface area contributed by atoms with E-state index in [0.717, 1.165) is 38.5 Å². The number of carbonyl (C=O) groups excluding carboxylic acids is 1. The van der Waals surface area contributed by atoms with Crippen LogP contribution in [0.15, 0.2) is 12.2 Å². The molecule has 0 radical (unpaired) electrons. The third-order valence-electron chi connectivity index (χ3n) is 5.12. The van der Waals surface area contributed by atoms with E-state index in [1.807, 2.05) is 6.08 Å². The number of ether oxygens (including phenoxy) is 1. The summed E-state index contributed by atoms with van der Waals surface area (Å²) < 4.78 is 5.64. The lowest BCUT2D eigenvalue weighted by molar-refractivity contribution is -0.149. The monoisotopic (exact) mass is 338 g/mol. The zero-order valence-corrected chi connectivity index (χ0v) is 16.0. The second-order valence-corrected chi connectivity index (χ2v) is 7.48. The molecule has 24 heavy (non-hydrogen) atoms. The summed E-state index contributed by atoms with van der Waals surface area (Å²) in [6.45, 7) is 6.56. The standard InChI is InChI=1S/C21H38O3/c1-4-6-8-10-12-21(23)24-20-15-17(3)18(16-20)13-14-19(22)11-9-7-5-2/h13-14,17-20,22H,4-12,15-16H2,1-3H3/t17?,18?,19-,20?/m0/s1. The third kappa shape index (κ3) is 8.86. The molecule has 1 N–H and O–H groups in total. The van der Waals surface area contributed by atoms with Crippen LogP contribution in [0.4, 0.5) is 0 Å². The van der Waals surface area contributed by atoms with Crippen LogP contribution in [0.5, 0.6) is 0 Å². The van der Waals surface area contributed by atoms with Crippen molar-refractivity contribution in [3.05, 3.63) is 12.2 Å². The first-order valence-electron chi connectivity index (χ1n) is 10.1. The van der Waals surface area contributed by atoms with Crippen molar-refractivity contribution in [1.29, 1.82) is 0 Å². The van der Waals surface area contributed by atoms with Gasteiger partial charge in [0.25, 0.3) is 0 Å². The van der Waals surface area contributed by atoms with E-state index >= 15 is 0 Å². The minimum atomic E-state index is -0.330. The van der Waals surface area contributed by atoms with Gasteiger partial charge >= 0.3 is 5.97 Å². The van der Waals surface area contributed by atoms with Crippen molar-refractivity contribution in [3.8, 4) is 0 Å². The summed E-state index contributed by atoms with van der Waals surface area (Å²) in [5, 5.41) is 10.0. The average molecular weight is 339 g/mol. The SMILES string of the molecule is CCCCCCC(=O)OC1CC(C)C(C=C[C@@H](O)CCCCC)C1. The molecule has 1 fully saturated rings. The van der Waals surface area contributed by atoms with Gasteiger partial charge in [-0.15, -0.1) is 0 Å². The van der Waals surface area contributed by atoms with E-state index in [1.54, 1.807) is 0 Å². The lowest BCUT2D eigenvalue weighted by Gasteiger charge is -2.12. The van der Waals surface area contributed by atoms with E-state index in [9.17, 15) is 9.90 Å². The van der Waals surface area contributed by atoms with E-state index < -0.39 is 0 Å². The number of unbranched alkanes of at least 4 members (excludes halogenated alkanes) is 5. The van der Waals surface area contributed by atoms with Crippen molar-refractivity contribution < 1.29 is 14.6 Å². The van der Waals surface area contributed by atoms with Crippen molar-refractivity contribution in [2.45, 2.75) is 104 Å². The minimum absolute atomic E-state index is 0.0347. The van der Waals surface area contributed by atoms with Gasteiger partial charge in [0.15, 0.2) is 0 Å². The molecule has 0 aromatic heterocycles. The summed E-state index contributed by atoms with van der Waals surface area (Å²) >= 11 is 0. The van der Waals surface area contributed by atoms with Crippen LogP contribution in [-0.2, 0) is 9.53 Å². The summed E-state index contributed by atoms with van der Waals surface area (Å²) in [5.74, 6) is 0.901. The molecule has 0 aromatic carbocycles. The maximum Gasteiger partial charge on any atom is 0.306 e. The van der Waals surface area contributed by atoms with Crippen LogP contribution >= 0.6 is 0 Å². The van der Waals surface area contributed by atoms with Crippen LogP contribution in [-0.4, -0.2) is 23.3 Å². The first kappa shape index (κ1) is 21.2. The molecule has 0 spiro atoms. The summed E-state index contributed by atoms with van der Waals surface area (Å²) in [7, 11) is 0. The lowest BCUT2D eigenvalue weighted by atomic mass is 9.97. The Kier molecular flexibility index (Phi) is 11.1. The highest BCUT2D eigenvalue weighted by atomic mass is 16.5. The van der Waals surface area contributed by atoms with Gasteiger partial charge in [-0.25, -0.2) is 0 Å². The van der Waals surface area contributed by atoms with E-state index in [2.05, 4.69) is 26.8 Å². The molecule has 1 rings (SSSR count). The van der Waals surface area contributed by atoms with Crippen LogP contribution in [0, 0.1) is 11.8 Å². The van der Waals surface area contributed by atoms with Crippen molar-refractivity contribution in [2.24, 2.45) is 11.8 Å². The average Bonchev–Trinajstić information content (AvgIpc) is 2.89. The van der Waals surface area contributed by atoms with Gasteiger partial charge in [-0.2, -0.15) is 0 Å². The van der Waals surface area contributed by atoms with Crippen molar-refractivity contribution >= 4 is 5.97 Å². The zero-order valence-electron chi connectivity index (χ0n) is 16.0. The highest BCUT2D eigenvalue weighted by molar-refractivity contribution is 5.69. The predicted molar refractivity (Wildman–Crippen MR) is 99.8 cm³/mol. The second kappa shape index (κ2) is 12.5. The van der Waals surface area contributed by atoms with Crippen LogP contribution in [0.3, 0.4) is 0 Å². The first-order chi connectivity index (χ1) is 11.6. The molecule has 140 valence electrons. The Morgan fingerprint density at radius 3 is 2.54 bits per heavy atom. The molecule has 1 aliphatic carbocycles. The van der Waals surface area contributed by atoms with Gasteiger partial charge < -0.3 is 9.84 Å². The molecule has 0 saturated heterocycles. The molecule has 4 atom stereocenters. The van der Waals surface area contributed by atoms with E-state index in [1.165, 1.54) is 25.7 Å². The maximum atomic E-state index is 11.9. The van der Waals surface area contributed by atoms with Gasteiger partial charge in [0.2, 0.25) is 0 Å². The molecule has 0 aliphatic heterocycles. The van der Waals surface area contributed by atoms with Gasteiger partial charge in [0.1, 0.15) is 6.10 Å². The highest BCUT2D eigenvalue weighted by Gasteiger charge is 2.32. The fourth-order valence-electron chi connectivity index (χ4n) is 3.50. The number of hydrogen-bond donors (Lipinski definition) is 1. The molecule has 1 aliphatic rings. The zero-order chi connectivity index (χ0) is 17.8. The van der Waals surface area contributed by atoms with Gasteiger partial charge in [0.05, 0.1) is 6.10 Å². The quantitative estimate of drug-likeness (QED) is 0.294. The van der Waals surface area contributed by atoms with Crippen molar-refractivity contribution in [2.75, 3.05) is 0 Å². The number of aliphatic hydroxyl groups is 1. The number of allylic oxidation sites excluding steroid dienone is 1. The van der Waals surface area contributed by atoms with Crippen molar-refractivity contribution in [3.63, 3.8) is 0 Å². The molecule has 1 saturated carbocycles. The molecule has 3 nitrogen and oxygen atoms in total. The summed E-state index contributed by atoms with van der Waals surface area (Å²) in [5.41, 5.74) is 0. The fourth-order valence-corrected chi connectivity index (χ4v) is 3.50. The Morgan fingerprint density at radius 1 is 1.12 bits per heavy atom.